The first-order valence-electron chi connectivity index (χ1n) is 6.75. The molecule has 0 atom stereocenters. The molecule has 4 heteroatoms. The van der Waals surface area contributed by atoms with Crippen LogP contribution in [0.25, 0.3) is 0 Å². The van der Waals surface area contributed by atoms with Gasteiger partial charge in [-0.15, -0.1) is 0 Å². The molecule has 0 unspecified atom stereocenters. The third-order valence-electron chi connectivity index (χ3n) is 3.13. The maximum Gasteiger partial charge on any atom is 0.272 e. The lowest BCUT2D eigenvalue weighted by Crippen LogP contribution is -2.16. The lowest BCUT2D eigenvalue weighted by Gasteiger charge is -2.09. The molecule has 1 aromatic heterocycles. The largest absolute Gasteiger partial charge is 0.395 e. The van der Waals surface area contributed by atoms with Crippen LogP contribution >= 0.6 is 0 Å². The van der Waals surface area contributed by atoms with Crippen molar-refractivity contribution < 1.29 is 9.90 Å². The summed E-state index contributed by atoms with van der Waals surface area (Å²) in [5.74, 6) is 5.69. The van der Waals surface area contributed by atoms with E-state index >= 15 is 0 Å². The summed E-state index contributed by atoms with van der Waals surface area (Å²) in [7, 11) is 1.83. The fraction of sp³-hybridized carbons (Fsp3) is 0.235. The Bertz CT molecular complexity index is 705. The van der Waals surface area contributed by atoms with Crippen LogP contribution in [0.15, 0.2) is 36.5 Å². The Hall–Kier alpha value is -2.51. The zero-order chi connectivity index (χ0) is 15.2. The molecule has 0 saturated carbocycles. The number of carbonyl (C=O) groups is 1. The third kappa shape index (κ3) is 3.74. The molecule has 0 radical (unpaired) electrons. The van der Waals surface area contributed by atoms with E-state index in [1.165, 1.54) is 0 Å². The number of aliphatic hydroxyl groups is 1. The highest BCUT2D eigenvalue weighted by Gasteiger charge is 2.10. The van der Waals surface area contributed by atoms with Crippen molar-refractivity contribution in [2.45, 2.75) is 13.3 Å². The van der Waals surface area contributed by atoms with Crippen LogP contribution in [-0.4, -0.2) is 22.2 Å². The molecular weight excluding hydrogens is 264 g/mol. The van der Waals surface area contributed by atoms with Gasteiger partial charge in [0.1, 0.15) is 5.69 Å². The predicted octanol–water partition coefficient (Wildman–Crippen LogP) is 2.32. The summed E-state index contributed by atoms with van der Waals surface area (Å²) < 4.78 is 1.77. The van der Waals surface area contributed by atoms with Crippen molar-refractivity contribution >= 4 is 11.6 Å². The monoisotopic (exact) mass is 282 g/mol. The molecule has 108 valence electrons. The average molecular weight is 282 g/mol. The normalized spacial score (nSPS) is 9.86. The third-order valence-corrected chi connectivity index (χ3v) is 3.13. The number of hydrogen-bond donors (Lipinski definition) is 2. The van der Waals surface area contributed by atoms with E-state index in [0.717, 1.165) is 16.8 Å². The van der Waals surface area contributed by atoms with Crippen LogP contribution in [0.4, 0.5) is 5.69 Å². The van der Waals surface area contributed by atoms with E-state index in [9.17, 15) is 4.79 Å². The Balaban J connectivity index is 2.20. The number of aryl methyl sites for hydroxylation is 2. The Labute approximate surface area is 124 Å². The zero-order valence-electron chi connectivity index (χ0n) is 12.2. The number of rotatable bonds is 3. The van der Waals surface area contributed by atoms with Gasteiger partial charge in [-0.05, 0) is 36.8 Å². The van der Waals surface area contributed by atoms with Gasteiger partial charge in [-0.1, -0.05) is 17.9 Å². The molecule has 1 aromatic carbocycles. The zero-order valence-corrected chi connectivity index (χ0v) is 12.2. The summed E-state index contributed by atoms with van der Waals surface area (Å²) in [6.45, 7) is 1.99. The van der Waals surface area contributed by atoms with Crippen molar-refractivity contribution in [3.63, 3.8) is 0 Å². The molecule has 0 aliphatic rings. The van der Waals surface area contributed by atoms with Gasteiger partial charge in [0.25, 0.3) is 5.91 Å². The minimum absolute atomic E-state index is 0.0515. The first-order chi connectivity index (χ1) is 10.1. The number of benzene rings is 1. The van der Waals surface area contributed by atoms with Gasteiger partial charge in [-0.2, -0.15) is 0 Å². The van der Waals surface area contributed by atoms with Crippen molar-refractivity contribution in [1.82, 2.24) is 4.57 Å². The Morgan fingerprint density at radius 1 is 1.38 bits per heavy atom. The van der Waals surface area contributed by atoms with Crippen molar-refractivity contribution in [2.24, 2.45) is 7.05 Å². The topological polar surface area (TPSA) is 54.3 Å². The first-order valence-corrected chi connectivity index (χ1v) is 6.75. The predicted molar refractivity (Wildman–Crippen MR) is 83.1 cm³/mol. The highest BCUT2D eigenvalue weighted by Crippen LogP contribution is 2.17. The molecule has 1 heterocycles. The number of amides is 1. The van der Waals surface area contributed by atoms with Crippen LogP contribution in [-0.2, 0) is 7.05 Å². The van der Waals surface area contributed by atoms with Crippen LogP contribution in [0, 0.1) is 18.8 Å². The summed E-state index contributed by atoms with van der Waals surface area (Å²) in [6, 6.07) is 9.27. The molecular formula is C17H18N2O2. The Morgan fingerprint density at radius 2 is 2.19 bits per heavy atom. The Kier molecular flexibility index (Phi) is 4.81. The fourth-order valence-electron chi connectivity index (χ4n) is 1.94. The molecule has 0 fully saturated rings. The van der Waals surface area contributed by atoms with Crippen LogP contribution < -0.4 is 5.32 Å². The summed E-state index contributed by atoms with van der Waals surface area (Å²) in [5.41, 5.74) is 3.14. The molecule has 21 heavy (non-hydrogen) atoms. The van der Waals surface area contributed by atoms with E-state index in [-0.39, 0.29) is 12.5 Å². The second kappa shape index (κ2) is 6.78. The minimum Gasteiger partial charge on any atom is -0.395 e. The SMILES string of the molecule is Cc1ccc(C#CCCO)cc1NC(=O)c1cccn1C. The Morgan fingerprint density at radius 3 is 2.86 bits per heavy atom. The van der Waals surface area contributed by atoms with Crippen molar-refractivity contribution in [3.8, 4) is 11.8 Å². The van der Waals surface area contributed by atoms with E-state index in [1.807, 2.05) is 44.4 Å². The van der Waals surface area contributed by atoms with Gasteiger partial charge in [0.05, 0.1) is 6.61 Å². The van der Waals surface area contributed by atoms with E-state index in [1.54, 1.807) is 10.6 Å². The highest BCUT2D eigenvalue weighted by molar-refractivity contribution is 6.03. The molecule has 4 nitrogen and oxygen atoms in total. The van der Waals surface area contributed by atoms with Gasteiger partial charge in [0.15, 0.2) is 0 Å². The van der Waals surface area contributed by atoms with Gasteiger partial charge in [0.2, 0.25) is 0 Å². The number of aliphatic hydroxyl groups excluding tert-OH is 1. The van der Waals surface area contributed by atoms with Gasteiger partial charge in [-0.3, -0.25) is 4.79 Å². The van der Waals surface area contributed by atoms with Crippen LogP contribution in [0.3, 0.4) is 0 Å². The first kappa shape index (κ1) is 14.9. The standard InChI is InChI=1S/C17H18N2O2/c1-13-8-9-14(6-3-4-11-20)12-15(13)18-17(21)16-7-5-10-19(16)2/h5,7-10,12,20H,4,11H2,1-2H3,(H,18,21). The van der Waals surface area contributed by atoms with Crippen LogP contribution in [0.5, 0.6) is 0 Å². The lowest BCUT2D eigenvalue weighted by molar-refractivity contribution is 0.101. The molecule has 0 spiro atoms. The second-order valence-electron chi connectivity index (χ2n) is 4.76. The van der Waals surface area contributed by atoms with Gasteiger partial charge < -0.3 is 15.0 Å². The summed E-state index contributed by atoms with van der Waals surface area (Å²) in [5, 5.41) is 11.6. The second-order valence-corrected chi connectivity index (χ2v) is 4.76. The number of carbonyl (C=O) groups excluding carboxylic acids is 1. The molecule has 0 aliphatic heterocycles. The number of nitrogens with one attached hydrogen (secondary N) is 1. The van der Waals surface area contributed by atoms with Gasteiger partial charge >= 0.3 is 0 Å². The minimum atomic E-state index is -0.147. The molecule has 0 aliphatic carbocycles. The molecule has 2 N–H and O–H groups in total. The molecule has 0 saturated heterocycles. The average Bonchev–Trinajstić information content (AvgIpc) is 2.89. The smallest absolute Gasteiger partial charge is 0.272 e. The fourth-order valence-corrected chi connectivity index (χ4v) is 1.94. The summed E-state index contributed by atoms with van der Waals surface area (Å²) in [6.07, 6.45) is 2.28. The van der Waals surface area contributed by atoms with E-state index in [4.69, 9.17) is 5.11 Å². The number of nitrogens with zero attached hydrogens (tertiary/aromatic N) is 1. The molecule has 2 aromatic rings. The quantitative estimate of drug-likeness (QED) is 0.849. The maximum atomic E-state index is 12.2. The summed E-state index contributed by atoms with van der Waals surface area (Å²) in [4.78, 5) is 12.2. The lowest BCUT2D eigenvalue weighted by atomic mass is 10.1. The number of hydrogen-bond acceptors (Lipinski definition) is 2. The van der Waals surface area contributed by atoms with Crippen molar-refractivity contribution in [1.29, 1.82) is 0 Å². The number of aromatic nitrogens is 1. The van der Waals surface area contributed by atoms with E-state index < -0.39 is 0 Å². The van der Waals surface area contributed by atoms with Crippen LogP contribution in [0.2, 0.25) is 0 Å². The summed E-state index contributed by atoms with van der Waals surface area (Å²) >= 11 is 0. The van der Waals surface area contributed by atoms with Gasteiger partial charge in [-0.25, -0.2) is 0 Å². The highest BCUT2D eigenvalue weighted by atomic mass is 16.2. The van der Waals surface area contributed by atoms with Crippen molar-refractivity contribution in [2.75, 3.05) is 11.9 Å². The van der Waals surface area contributed by atoms with Gasteiger partial charge in [0, 0.05) is 30.9 Å². The van der Waals surface area contributed by atoms with Crippen molar-refractivity contribution in [3.05, 3.63) is 53.3 Å². The number of anilines is 1. The van der Waals surface area contributed by atoms with Crippen LogP contribution in [0.1, 0.15) is 28.0 Å². The maximum absolute atomic E-state index is 12.2. The molecule has 0 bridgehead atoms. The molecule has 1 amide bonds. The van der Waals surface area contributed by atoms with E-state index in [2.05, 4.69) is 17.2 Å². The molecule has 2 rings (SSSR count). The van der Waals surface area contributed by atoms with E-state index in [0.29, 0.717) is 12.1 Å².